The number of carbonyl (C=O) groups excluding carboxylic acids is 2. The van der Waals surface area contributed by atoms with Gasteiger partial charge in [0.2, 0.25) is 10.0 Å². The molecule has 2 aliphatic heterocycles. The number of nitro groups is 1. The first-order chi connectivity index (χ1) is 19.6. The Balaban J connectivity index is 1.19. The van der Waals surface area contributed by atoms with Gasteiger partial charge in [-0.15, -0.1) is 0 Å². The lowest BCUT2D eigenvalue weighted by Crippen LogP contribution is -2.41. The fraction of sp³-hybridized carbons (Fsp3) is 0.207. The maximum absolute atomic E-state index is 13.0. The molecule has 210 valence electrons. The summed E-state index contributed by atoms with van der Waals surface area (Å²) in [4.78, 5) is 35.9. The molecule has 2 heterocycles. The number of benzene rings is 3. The molecule has 0 atom stereocenters. The van der Waals surface area contributed by atoms with Crippen LogP contribution in [0, 0.1) is 16.0 Å². The molecule has 0 unspecified atom stereocenters. The SMILES string of the molecule is CC1=NN(c2ccccc2)C(=O)C1=Cc1ccc(OC(=O)C2CCN(S(=O)(=O)c3ccccc3[N+](=O)[O-])CC2)cc1. The molecule has 0 aromatic heterocycles. The molecule has 3 aromatic rings. The summed E-state index contributed by atoms with van der Waals surface area (Å²) < 4.78 is 32.8. The van der Waals surface area contributed by atoms with E-state index in [-0.39, 0.29) is 36.7 Å². The first kappa shape index (κ1) is 27.9. The molecular weight excluding hydrogens is 548 g/mol. The number of carbonyl (C=O) groups is 2. The molecule has 2 aliphatic rings. The van der Waals surface area contributed by atoms with Crippen LogP contribution in [0.1, 0.15) is 25.3 Å². The standard InChI is InChI=1S/C29H26N4O7S/c1-20-25(28(34)32(30-20)23-7-3-2-4-8-23)19-21-11-13-24(14-12-21)40-29(35)22-15-17-31(18-16-22)41(38,39)27-10-6-5-9-26(27)33(36)37/h2-14,19,22H,15-18H2,1H3. The number of rotatable bonds is 7. The van der Waals surface area contributed by atoms with Crippen LogP contribution in [0.15, 0.2) is 94.4 Å². The highest BCUT2D eigenvalue weighted by molar-refractivity contribution is 7.89. The number of hydrazone groups is 1. The number of hydrogen-bond donors (Lipinski definition) is 0. The van der Waals surface area contributed by atoms with Crippen molar-refractivity contribution >= 4 is 45.1 Å². The summed E-state index contributed by atoms with van der Waals surface area (Å²) in [5.74, 6) is -0.917. The summed E-state index contributed by atoms with van der Waals surface area (Å²) in [5, 5.41) is 17.0. The normalized spacial score (nSPS) is 17.5. The molecule has 0 aliphatic carbocycles. The number of amides is 1. The van der Waals surface area contributed by atoms with Crippen LogP contribution in [0.4, 0.5) is 11.4 Å². The van der Waals surface area contributed by atoms with Crippen LogP contribution in [0.3, 0.4) is 0 Å². The van der Waals surface area contributed by atoms with Gasteiger partial charge in [0.15, 0.2) is 4.90 Å². The fourth-order valence-electron chi connectivity index (χ4n) is 4.72. The third-order valence-electron chi connectivity index (χ3n) is 6.94. The van der Waals surface area contributed by atoms with E-state index in [0.717, 1.165) is 15.9 Å². The van der Waals surface area contributed by atoms with Crippen LogP contribution < -0.4 is 9.75 Å². The highest BCUT2D eigenvalue weighted by Gasteiger charge is 2.36. The lowest BCUT2D eigenvalue weighted by atomic mass is 9.98. The third-order valence-corrected chi connectivity index (χ3v) is 8.89. The van der Waals surface area contributed by atoms with Crippen LogP contribution in [0.2, 0.25) is 0 Å². The van der Waals surface area contributed by atoms with Crippen molar-refractivity contribution in [1.82, 2.24) is 4.31 Å². The second-order valence-electron chi connectivity index (χ2n) is 9.59. The fourth-order valence-corrected chi connectivity index (χ4v) is 6.35. The summed E-state index contributed by atoms with van der Waals surface area (Å²) in [6.07, 6.45) is 2.17. The number of ether oxygens (including phenoxy) is 1. The number of hydrogen-bond acceptors (Lipinski definition) is 8. The van der Waals surface area contributed by atoms with E-state index in [1.54, 1.807) is 49.4 Å². The van der Waals surface area contributed by atoms with Crippen LogP contribution >= 0.6 is 0 Å². The number of piperidine rings is 1. The summed E-state index contributed by atoms with van der Waals surface area (Å²) >= 11 is 0. The van der Waals surface area contributed by atoms with E-state index in [2.05, 4.69) is 5.10 Å². The Morgan fingerprint density at radius 3 is 2.29 bits per heavy atom. The van der Waals surface area contributed by atoms with E-state index in [9.17, 15) is 28.1 Å². The lowest BCUT2D eigenvalue weighted by Gasteiger charge is -2.29. The quantitative estimate of drug-likeness (QED) is 0.134. The van der Waals surface area contributed by atoms with Gasteiger partial charge in [0.1, 0.15) is 5.75 Å². The summed E-state index contributed by atoms with van der Waals surface area (Å²) in [7, 11) is -4.09. The zero-order chi connectivity index (χ0) is 29.1. The highest BCUT2D eigenvalue weighted by Crippen LogP contribution is 2.30. The van der Waals surface area contributed by atoms with Gasteiger partial charge >= 0.3 is 5.97 Å². The van der Waals surface area contributed by atoms with Gasteiger partial charge in [-0.3, -0.25) is 19.7 Å². The minimum Gasteiger partial charge on any atom is -0.426 e. The Labute approximate surface area is 236 Å². The Bertz CT molecular complexity index is 1660. The molecule has 0 spiro atoms. The zero-order valence-corrected chi connectivity index (χ0v) is 22.9. The van der Waals surface area contributed by atoms with E-state index in [1.807, 2.05) is 18.2 Å². The van der Waals surface area contributed by atoms with Gasteiger partial charge in [-0.25, -0.2) is 8.42 Å². The Kier molecular flexibility index (Phi) is 7.77. The lowest BCUT2D eigenvalue weighted by molar-refractivity contribution is -0.387. The van der Waals surface area contributed by atoms with Crippen molar-refractivity contribution in [1.29, 1.82) is 0 Å². The monoisotopic (exact) mass is 574 g/mol. The van der Waals surface area contributed by atoms with Crippen molar-refractivity contribution in [3.05, 3.63) is 100 Å². The molecule has 3 aromatic carbocycles. The molecule has 5 rings (SSSR count). The largest absolute Gasteiger partial charge is 0.426 e. The third kappa shape index (κ3) is 5.79. The van der Waals surface area contributed by atoms with Gasteiger partial charge in [-0.05, 0) is 61.7 Å². The molecule has 1 fully saturated rings. The van der Waals surface area contributed by atoms with Gasteiger partial charge in [-0.1, -0.05) is 42.5 Å². The molecule has 0 saturated carbocycles. The molecule has 41 heavy (non-hydrogen) atoms. The molecule has 0 N–H and O–H groups in total. The highest BCUT2D eigenvalue weighted by atomic mass is 32.2. The van der Waals surface area contributed by atoms with E-state index < -0.39 is 32.5 Å². The van der Waals surface area contributed by atoms with Gasteiger partial charge in [0, 0.05) is 19.2 Å². The van der Waals surface area contributed by atoms with Gasteiger partial charge in [0.25, 0.3) is 11.6 Å². The van der Waals surface area contributed by atoms with E-state index in [0.29, 0.717) is 22.7 Å². The van der Waals surface area contributed by atoms with E-state index in [4.69, 9.17) is 4.74 Å². The average molecular weight is 575 g/mol. The number of sulfonamides is 1. The number of nitro benzene ring substituents is 1. The Morgan fingerprint density at radius 1 is 1.00 bits per heavy atom. The van der Waals surface area contributed by atoms with E-state index in [1.165, 1.54) is 23.2 Å². The van der Waals surface area contributed by atoms with Crippen LogP contribution in [0.25, 0.3) is 6.08 Å². The van der Waals surface area contributed by atoms with Crippen molar-refractivity contribution in [3.8, 4) is 5.75 Å². The minimum atomic E-state index is -4.09. The minimum absolute atomic E-state index is 0.0373. The van der Waals surface area contributed by atoms with Crippen LogP contribution in [-0.2, 0) is 19.6 Å². The molecule has 12 heteroatoms. The summed E-state index contributed by atoms with van der Waals surface area (Å²) in [5.41, 5.74) is 1.96. The predicted molar refractivity (Wildman–Crippen MR) is 152 cm³/mol. The first-order valence-electron chi connectivity index (χ1n) is 12.9. The average Bonchev–Trinajstić information content (AvgIpc) is 3.27. The second-order valence-corrected chi connectivity index (χ2v) is 11.5. The number of nitrogens with zero attached hydrogens (tertiary/aromatic N) is 4. The predicted octanol–water partition coefficient (Wildman–Crippen LogP) is 4.41. The zero-order valence-electron chi connectivity index (χ0n) is 22.0. The van der Waals surface area contributed by atoms with Crippen molar-refractivity contribution in [2.75, 3.05) is 18.1 Å². The Hall–Kier alpha value is -4.68. The molecule has 1 amide bonds. The number of esters is 1. The number of para-hydroxylation sites is 2. The molecule has 0 bridgehead atoms. The molecule has 11 nitrogen and oxygen atoms in total. The molecule has 0 radical (unpaired) electrons. The van der Waals surface area contributed by atoms with Crippen LogP contribution in [-0.4, -0.2) is 48.3 Å². The second kappa shape index (κ2) is 11.4. The van der Waals surface area contributed by atoms with Gasteiger partial charge in [-0.2, -0.15) is 14.4 Å². The maximum atomic E-state index is 13.0. The summed E-state index contributed by atoms with van der Waals surface area (Å²) in [6, 6.07) is 21.0. The first-order valence-corrected chi connectivity index (χ1v) is 14.3. The van der Waals surface area contributed by atoms with Gasteiger partial charge < -0.3 is 4.74 Å². The maximum Gasteiger partial charge on any atom is 0.314 e. The van der Waals surface area contributed by atoms with Crippen molar-refractivity contribution in [2.24, 2.45) is 11.0 Å². The van der Waals surface area contributed by atoms with Crippen molar-refractivity contribution in [3.63, 3.8) is 0 Å². The topological polar surface area (TPSA) is 139 Å². The summed E-state index contributed by atoms with van der Waals surface area (Å²) in [6.45, 7) is 1.84. The smallest absolute Gasteiger partial charge is 0.314 e. The number of anilines is 1. The van der Waals surface area contributed by atoms with Crippen molar-refractivity contribution < 1.29 is 27.7 Å². The molecular formula is C29H26N4O7S. The van der Waals surface area contributed by atoms with Gasteiger partial charge in [0.05, 0.1) is 27.8 Å². The van der Waals surface area contributed by atoms with E-state index >= 15 is 0 Å². The van der Waals surface area contributed by atoms with Crippen LogP contribution in [0.5, 0.6) is 5.75 Å². The molecule has 1 saturated heterocycles. The Morgan fingerprint density at radius 2 is 1.63 bits per heavy atom. The van der Waals surface area contributed by atoms with Crippen molar-refractivity contribution in [2.45, 2.75) is 24.7 Å².